The molecule has 2 aromatic heterocycles. The van der Waals surface area contributed by atoms with E-state index in [2.05, 4.69) is 11.1 Å². The lowest BCUT2D eigenvalue weighted by Crippen LogP contribution is -2.31. The van der Waals surface area contributed by atoms with E-state index < -0.39 is 17.7 Å². The minimum Gasteiger partial charge on any atom is -0.507 e. The fourth-order valence-corrected chi connectivity index (χ4v) is 5.37. The first-order valence-corrected chi connectivity index (χ1v) is 13.0. The van der Waals surface area contributed by atoms with Crippen molar-refractivity contribution in [3.8, 4) is 5.75 Å². The molecule has 1 fully saturated rings. The average molecular weight is 514 g/mol. The number of aliphatic hydroxyl groups is 1. The quantitative estimate of drug-likeness (QED) is 0.185. The number of likely N-dealkylation sites (tertiary alicyclic amines) is 1. The van der Waals surface area contributed by atoms with E-state index >= 15 is 0 Å². The molecule has 1 saturated heterocycles. The van der Waals surface area contributed by atoms with E-state index in [1.54, 1.807) is 41.7 Å². The first-order valence-electron chi connectivity index (χ1n) is 12.1. The van der Waals surface area contributed by atoms with E-state index in [9.17, 15) is 14.7 Å². The summed E-state index contributed by atoms with van der Waals surface area (Å²) < 4.78 is 7.82. The van der Waals surface area contributed by atoms with Crippen LogP contribution in [0.25, 0.3) is 5.76 Å². The molecule has 7 nitrogen and oxygen atoms in total. The third-order valence-corrected chi connectivity index (χ3v) is 7.27. The Morgan fingerprint density at radius 3 is 2.62 bits per heavy atom. The van der Waals surface area contributed by atoms with Crippen LogP contribution in [0.5, 0.6) is 5.75 Å². The predicted molar refractivity (Wildman–Crippen MR) is 142 cm³/mol. The van der Waals surface area contributed by atoms with Gasteiger partial charge in [0.25, 0.3) is 11.7 Å². The number of benzene rings is 2. The zero-order valence-electron chi connectivity index (χ0n) is 20.4. The number of rotatable bonds is 9. The lowest BCUT2D eigenvalue weighted by molar-refractivity contribution is -0.139. The Bertz CT molecular complexity index is 1410. The fourth-order valence-electron chi connectivity index (χ4n) is 4.53. The molecule has 37 heavy (non-hydrogen) atoms. The van der Waals surface area contributed by atoms with Crippen LogP contribution in [0.1, 0.15) is 34.0 Å². The summed E-state index contributed by atoms with van der Waals surface area (Å²) in [6, 6.07) is 18.2. The van der Waals surface area contributed by atoms with E-state index in [0.29, 0.717) is 37.4 Å². The first kappa shape index (κ1) is 24.5. The Hall–Kier alpha value is -4.17. The molecule has 1 amide bonds. The van der Waals surface area contributed by atoms with Crippen LogP contribution in [0.15, 0.2) is 90.3 Å². The Morgan fingerprint density at radius 1 is 1.08 bits per heavy atom. The van der Waals surface area contributed by atoms with Gasteiger partial charge in [-0.05, 0) is 54.6 Å². The van der Waals surface area contributed by atoms with Crippen LogP contribution in [0.4, 0.5) is 0 Å². The molecule has 0 radical (unpaired) electrons. The number of hydrogen-bond donors (Lipinski definition) is 1. The van der Waals surface area contributed by atoms with E-state index in [0.717, 1.165) is 10.4 Å². The maximum Gasteiger partial charge on any atom is 0.295 e. The zero-order chi connectivity index (χ0) is 25.8. The van der Waals surface area contributed by atoms with Gasteiger partial charge in [-0.3, -0.25) is 9.59 Å². The van der Waals surface area contributed by atoms with Crippen LogP contribution >= 0.6 is 11.3 Å². The second kappa shape index (κ2) is 10.8. The average Bonchev–Trinajstić information content (AvgIpc) is 3.67. The van der Waals surface area contributed by atoms with Crippen molar-refractivity contribution in [3.63, 3.8) is 0 Å². The highest BCUT2D eigenvalue weighted by Crippen LogP contribution is 2.41. The normalized spacial score (nSPS) is 16.9. The van der Waals surface area contributed by atoms with Crippen molar-refractivity contribution in [2.75, 3.05) is 6.54 Å². The van der Waals surface area contributed by atoms with Gasteiger partial charge in [0.05, 0.1) is 17.9 Å². The lowest BCUT2D eigenvalue weighted by Gasteiger charge is -2.24. The largest absolute Gasteiger partial charge is 0.507 e. The number of thiophene rings is 1. The maximum absolute atomic E-state index is 13.1. The summed E-state index contributed by atoms with van der Waals surface area (Å²) in [5, 5.41) is 13.1. The highest BCUT2D eigenvalue weighted by molar-refractivity contribution is 7.10. The number of ketones is 1. The second-order valence-corrected chi connectivity index (χ2v) is 9.94. The van der Waals surface area contributed by atoms with Crippen molar-refractivity contribution in [1.29, 1.82) is 0 Å². The number of aryl methyl sites for hydroxylation is 2. The molecular weight excluding hydrogens is 486 g/mol. The van der Waals surface area contributed by atoms with E-state index in [1.165, 1.54) is 16.9 Å². The number of aliphatic hydroxyl groups excluding tert-OH is 1. The highest BCUT2D eigenvalue weighted by atomic mass is 32.1. The summed E-state index contributed by atoms with van der Waals surface area (Å²) >= 11 is 1.46. The van der Waals surface area contributed by atoms with Crippen molar-refractivity contribution in [1.82, 2.24) is 14.5 Å². The van der Waals surface area contributed by atoms with Crippen LogP contribution in [0, 0.1) is 6.92 Å². The molecule has 0 bridgehead atoms. The van der Waals surface area contributed by atoms with Crippen molar-refractivity contribution < 1.29 is 19.4 Å². The molecule has 0 unspecified atom stereocenters. The molecule has 188 valence electrons. The van der Waals surface area contributed by atoms with Gasteiger partial charge in [-0.1, -0.05) is 35.9 Å². The summed E-state index contributed by atoms with van der Waals surface area (Å²) in [6.07, 6.45) is 5.94. The highest BCUT2D eigenvalue weighted by Gasteiger charge is 2.46. The number of ether oxygens (including phenoxy) is 1. The molecule has 2 aromatic carbocycles. The van der Waals surface area contributed by atoms with Gasteiger partial charge in [0.15, 0.2) is 0 Å². The summed E-state index contributed by atoms with van der Waals surface area (Å²) in [7, 11) is 0. The Labute approximate surface area is 219 Å². The summed E-state index contributed by atoms with van der Waals surface area (Å²) in [6.45, 7) is 3.52. The van der Waals surface area contributed by atoms with Gasteiger partial charge in [0, 0.05) is 35.9 Å². The van der Waals surface area contributed by atoms with Gasteiger partial charge in [0.1, 0.15) is 18.1 Å². The van der Waals surface area contributed by atoms with Gasteiger partial charge in [-0.15, -0.1) is 11.3 Å². The minimum atomic E-state index is -0.668. The molecule has 5 rings (SSSR count). The molecule has 1 aliphatic heterocycles. The molecule has 0 aliphatic carbocycles. The van der Waals surface area contributed by atoms with Crippen LogP contribution in [0.2, 0.25) is 0 Å². The molecule has 1 aliphatic rings. The predicted octanol–water partition coefficient (Wildman–Crippen LogP) is 5.34. The Morgan fingerprint density at radius 2 is 1.92 bits per heavy atom. The lowest BCUT2D eigenvalue weighted by atomic mass is 10.00. The summed E-state index contributed by atoms with van der Waals surface area (Å²) in [5.41, 5.74) is 2.81. The van der Waals surface area contributed by atoms with E-state index in [4.69, 9.17) is 4.74 Å². The Kier molecular flexibility index (Phi) is 7.18. The molecule has 0 saturated carbocycles. The molecule has 3 heterocycles. The minimum absolute atomic E-state index is 0.114. The number of nitrogens with zero attached hydrogens (tertiary/aromatic N) is 3. The van der Waals surface area contributed by atoms with E-state index in [1.807, 2.05) is 53.4 Å². The maximum atomic E-state index is 13.1. The van der Waals surface area contributed by atoms with Gasteiger partial charge in [0.2, 0.25) is 0 Å². The SMILES string of the molecule is Cc1cccc(COc2ccc(/C(O)=C3\C(=O)C(=O)N(CCCn4ccnc4)[C@@H]3c3cccs3)cc2)c1. The van der Waals surface area contributed by atoms with Crippen LogP contribution in [-0.2, 0) is 22.7 Å². The standard InChI is InChI=1S/C29H27N3O4S/c1-20-5-2-6-21(17-20)18-36-23-10-8-22(9-11-23)27(33)25-26(24-7-3-16-37-24)32(29(35)28(25)34)14-4-13-31-15-12-30-19-31/h2-3,5-12,15-17,19,26,33H,4,13-14,18H2,1H3/b27-25+/t26-/m1/s1. The molecule has 1 atom stereocenters. The van der Waals surface area contributed by atoms with Gasteiger partial charge < -0.3 is 19.3 Å². The summed E-state index contributed by atoms with van der Waals surface area (Å²) in [5.74, 6) is -0.797. The smallest absolute Gasteiger partial charge is 0.295 e. The number of Topliss-reactive ketones (excluding diaryl/α,β-unsaturated/α-hetero) is 1. The van der Waals surface area contributed by atoms with Crippen molar-refractivity contribution in [2.45, 2.75) is 32.5 Å². The number of hydrogen-bond acceptors (Lipinski definition) is 6. The molecular formula is C29H27N3O4S. The first-order chi connectivity index (χ1) is 18.0. The van der Waals surface area contributed by atoms with Crippen molar-refractivity contribution >= 4 is 28.8 Å². The molecule has 4 aromatic rings. The summed E-state index contributed by atoms with van der Waals surface area (Å²) in [4.78, 5) is 32.6. The van der Waals surface area contributed by atoms with Gasteiger partial charge >= 0.3 is 0 Å². The number of amides is 1. The number of imidazole rings is 1. The van der Waals surface area contributed by atoms with Gasteiger partial charge in [-0.25, -0.2) is 4.98 Å². The van der Waals surface area contributed by atoms with Crippen molar-refractivity contribution in [3.05, 3.63) is 112 Å². The number of carbonyl (C=O) groups is 2. The third kappa shape index (κ3) is 5.34. The molecule has 8 heteroatoms. The molecule has 0 spiro atoms. The van der Waals surface area contributed by atoms with Gasteiger partial charge in [-0.2, -0.15) is 0 Å². The van der Waals surface area contributed by atoms with E-state index in [-0.39, 0.29) is 11.3 Å². The zero-order valence-corrected chi connectivity index (χ0v) is 21.2. The second-order valence-electron chi connectivity index (χ2n) is 8.96. The Balaban J connectivity index is 1.37. The monoisotopic (exact) mass is 513 g/mol. The van der Waals surface area contributed by atoms with Crippen LogP contribution in [-0.4, -0.2) is 37.8 Å². The number of aromatic nitrogens is 2. The molecule has 1 N–H and O–H groups in total. The number of carbonyl (C=O) groups excluding carboxylic acids is 2. The van der Waals surface area contributed by atoms with Crippen LogP contribution < -0.4 is 4.74 Å². The van der Waals surface area contributed by atoms with Crippen molar-refractivity contribution in [2.24, 2.45) is 0 Å². The van der Waals surface area contributed by atoms with Crippen LogP contribution in [0.3, 0.4) is 0 Å². The third-order valence-electron chi connectivity index (χ3n) is 6.34. The fraction of sp³-hybridized carbons (Fsp3) is 0.207. The topological polar surface area (TPSA) is 84.7 Å².